The molecule has 2 rings (SSSR count). The molecule has 0 N–H and O–H groups in total. The van der Waals surface area contributed by atoms with Crippen molar-refractivity contribution in [1.82, 2.24) is 4.98 Å². The molecule has 2 aromatic rings. The van der Waals surface area contributed by atoms with Gasteiger partial charge in [0, 0.05) is 16.7 Å². The predicted octanol–water partition coefficient (Wildman–Crippen LogP) is 6.25. The first-order valence-electron chi connectivity index (χ1n) is 6.91. The van der Waals surface area contributed by atoms with E-state index in [4.69, 9.17) is 0 Å². The summed E-state index contributed by atoms with van der Waals surface area (Å²) in [5.41, 5.74) is 1.18. The molecule has 9 heteroatoms. The van der Waals surface area contributed by atoms with Gasteiger partial charge in [0.1, 0.15) is 0 Å². The molecule has 0 atom stereocenters. The molecular formula is C16H12F7NS. The highest BCUT2D eigenvalue weighted by Crippen LogP contribution is 2.55. The third-order valence-corrected chi connectivity index (χ3v) is 4.38. The second kappa shape index (κ2) is 6.51. The van der Waals surface area contributed by atoms with Gasteiger partial charge in [-0.1, -0.05) is 12.1 Å². The molecule has 1 aromatic heterocycles. The van der Waals surface area contributed by atoms with Crippen LogP contribution in [0.1, 0.15) is 11.1 Å². The Hall–Kier alpha value is -1.77. The minimum Gasteiger partial charge on any atom is -0.256 e. The Bertz CT molecular complexity index is 757. The van der Waals surface area contributed by atoms with Crippen LogP contribution in [-0.4, -0.2) is 22.3 Å². The predicted molar refractivity (Wildman–Crippen MR) is 81.0 cm³/mol. The topological polar surface area (TPSA) is 12.9 Å². The van der Waals surface area contributed by atoms with Gasteiger partial charge < -0.3 is 0 Å². The SMILES string of the molecule is Cc1cc(C)c(-c2ccccn2)c(SC(F)(F)C(F)(F)C(F)(F)F)c1. The van der Waals surface area contributed by atoms with Gasteiger partial charge in [0.05, 0.1) is 5.69 Å². The molecule has 1 heterocycles. The largest absolute Gasteiger partial charge is 0.460 e. The first kappa shape index (κ1) is 19.6. The number of thioether (sulfide) groups is 1. The lowest BCUT2D eigenvalue weighted by Crippen LogP contribution is -2.49. The van der Waals surface area contributed by atoms with Gasteiger partial charge in [0.25, 0.3) is 0 Å². The van der Waals surface area contributed by atoms with Crippen molar-refractivity contribution in [1.29, 1.82) is 0 Å². The summed E-state index contributed by atoms with van der Waals surface area (Å²) in [6, 6.07) is 7.32. The number of halogens is 7. The Balaban J connectivity index is 2.57. The Morgan fingerprint density at radius 2 is 1.56 bits per heavy atom. The molecule has 0 saturated heterocycles. The highest BCUT2D eigenvalue weighted by molar-refractivity contribution is 8.00. The lowest BCUT2D eigenvalue weighted by atomic mass is 10.0. The van der Waals surface area contributed by atoms with E-state index < -0.39 is 34.0 Å². The van der Waals surface area contributed by atoms with Gasteiger partial charge in [-0.25, -0.2) is 0 Å². The summed E-state index contributed by atoms with van der Waals surface area (Å²) in [6.45, 7) is 3.07. The fraction of sp³-hybridized carbons (Fsp3) is 0.312. The lowest BCUT2D eigenvalue weighted by Gasteiger charge is -2.28. The molecule has 1 nitrogen and oxygen atoms in total. The van der Waals surface area contributed by atoms with E-state index in [0.717, 1.165) is 6.07 Å². The normalized spacial score (nSPS) is 13.2. The lowest BCUT2D eigenvalue weighted by molar-refractivity contribution is -0.330. The van der Waals surface area contributed by atoms with E-state index in [2.05, 4.69) is 4.98 Å². The van der Waals surface area contributed by atoms with E-state index in [9.17, 15) is 30.7 Å². The van der Waals surface area contributed by atoms with Gasteiger partial charge in [-0.05, 0) is 54.9 Å². The molecule has 0 aliphatic rings. The zero-order chi connectivity index (χ0) is 19.0. The molecule has 0 aliphatic heterocycles. The van der Waals surface area contributed by atoms with Crippen molar-refractivity contribution in [3.05, 3.63) is 47.7 Å². The quantitative estimate of drug-likeness (QED) is 0.457. The van der Waals surface area contributed by atoms with Gasteiger partial charge in [0.2, 0.25) is 0 Å². The van der Waals surface area contributed by atoms with E-state index in [1.807, 2.05) is 0 Å². The van der Waals surface area contributed by atoms with Crippen molar-refractivity contribution in [2.45, 2.75) is 36.1 Å². The third kappa shape index (κ3) is 3.75. The van der Waals surface area contributed by atoms with Crippen LogP contribution in [0.15, 0.2) is 41.4 Å². The smallest absolute Gasteiger partial charge is 0.256 e. The fourth-order valence-electron chi connectivity index (χ4n) is 2.22. The van der Waals surface area contributed by atoms with Crippen LogP contribution in [0.2, 0.25) is 0 Å². The summed E-state index contributed by atoms with van der Waals surface area (Å²) in [7, 11) is 0. The zero-order valence-corrected chi connectivity index (χ0v) is 13.8. The van der Waals surface area contributed by atoms with Gasteiger partial charge in [-0.15, -0.1) is 0 Å². The highest BCUT2D eigenvalue weighted by atomic mass is 32.2. The van der Waals surface area contributed by atoms with Gasteiger partial charge in [0.15, 0.2) is 0 Å². The summed E-state index contributed by atoms with van der Waals surface area (Å²) >= 11 is -0.814. The number of nitrogens with zero attached hydrogens (tertiary/aromatic N) is 1. The second-order valence-electron chi connectivity index (χ2n) is 5.36. The van der Waals surface area contributed by atoms with Crippen molar-refractivity contribution in [3.63, 3.8) is 0 Å². The summed E-state index contributed by atoms with van der Waals surface area (Å²) in [4.78, 5) is 3.58. The maximum Gasteiger partial charge on any atom is 0.460 e. The van der Waals surface area contributed by atoms with Gasteiger partial charge in [-0.2, -0.15) is 30.7 Å². The van der Waals surface area contributed by atoms with Crippen LogP contribution in [-0.2, 0) is 0 Å². The van der Waals surface area contributed by atoms with Crippen LogP contribution >= 0.6 is 11.8 Å². The summed E-state index contributed by atoms with van der Waals surface area (Å²) in [5.74, 6) is -6.18. The Labute approximate surface area is 143 Å². The van der Waals surface area contributed by atoms with E-state index in [1.54, 1.807) is 25.1 Å². The van der Waals surface area contributed by atoms with Crippen molar-refractivity contribution < 1.29 is 30.7 Å². The van der Waals surface area contributed by atoms with E-state index in [1.165, 1.54) is 19.2 Å². The maximum absolute atomic E-state index is 13.8. The van der Waals surface area contributed by atoms with Crippen molar-refractivity contribution in [2.24, 2.45) is 0 Å². The molecule has 0 spiro atoms. The van der Waals surface area contributed by atoms with Crippen molar-refractivity contribution in [2.75, 3.05) is 0 Å². The number of aromatic nitrogens is 1. The average Bonchev–Trinajstić information content (AvgIpc) is 2.45. The molecule has 0 fully saturated rings. The Kier molecular flexibility index (Phi) is 5.09. The van der Waals surface area contributed by atoms with Crippen LogP contribution in [0.25, 0.3) is 11.3 Å². The van der Waals surface area contributed by atoms with Gasteiger partial charge in [-0.3, -0.25) is 4.98 Å². The number of rotatable bonds is 4. The number of benzene rings is 1. The van der Waals surface area contributed by atoms with Crippen molar-refractivity contribution in [3.8, 4) is 11.3 Å². The second-order valence-corrected chi connectivity index (χ2v) is 6.52. The van der Waals surface area contributed by atoms with E-state index in [0.29, 0.717) is 11.1 Å². The van der Waals surface area contributed by atoms with Crippen LogP contribution in [0.4, 0.5) is 30.7 Å². The maximum atomic E-state index is 13.8. The average molecular weight is 383 g/mol. The van der Waals surface area contributed by atoms with E-state index in [-0.39, 0.29) is 11.3 Å². The summed E-state index contributed by atoms with van der Waals surface area (Å²) in [6.07, 6.45) is -5.00. The monoisotopic (exact) mass is 383 g/mol. The first-order chi connectivity index (χ1) is 11.4. The molecule has 0 aliphatic carbocycles. The summed E-state index contributed by atoms with van der Waals surface area (Å²) in [5, 5.41) is -5.38. The molecule has 0 amide bonds. The zero-order valence-electron chi connectivity index (χ0n) is 13.0. The number of aryl methyl sites for hydroxylation is 2. The molecule has 0 unspecified atom stereocenters. The Morgan fingerprint density at radius 3 is 2.08 bits per heavy atom. The molecule has 0 saturated carbocycles. The molecule has 0 radical (unpaired) electrons. The number of hydrogen-bond acceptors (Lipinski definition) is 2. The molecular weight excluding hydrogens is 371 g/mol. The molecule has 25 heavy (non-hydrogen) atoms. The number of hydrogen-bond donors (Lipinski definition) is 0. The van der Waals surface area contributed by atoms with Gasteiger partial charge >= 0.3 is 17.4 Å². The van der Waals surface area contributed by atoms with Crippen LogP contribution < -0.4 is 0 Å². The minimum atomic E-state index is -6.37. The fourth-order valence-corrected chi connectivity index (χ4v) is 3.35. The highest BCUT2D eigenvalue weighted by Gasteiger charge is 2.73. The third-order valence-electron chi connectivity index (χ3n) is 3.32. The standard InChI is InChI=1S/C16H12F7NS/c1-9-7-10(2)13(11-5-3-4-6-24-11)12(8-9)25-16(22,23)14(17,18)15(19,20)21/h3-8H,1-2H3. The number of alkyl halides is 7. The van der Waals surface area contributed by atoms with Crippen LogP contribution in [0, 0.1) is 13.8 Å². The molecule has 1 aromatic carbocycles. The van der Waals surface area contributed by atoms with Crippen LogP contribution in [0.3, 0.4) is 0 Å². The van der Waals surface area contributed by atoms with E-state index >= 15 is 0 Å². The number of pyridine rings is 1. The first-order valence-corrected chi connectivity index (χ1v) is 7.72. The minimum absolute atomic E-state index is 0.0915. The molecule has 136 valence electrons. The Morgan fingerprint density at radius 1 is 0.920 bits per heavy atom. The van der Waals surface area contributed by atoms with Crippen LogP contribution in [0.5, 0.6) is 0 Å². The molecule has 0 bridgehead atoms. The summed E-state index contributed by atoms with van der Waals surface area (Å²) < 4.78 is 91.1. The van der Waals surface area contributed by atoms with Crippen molar-refractivity contribution >= 4 is 11.8 Å².